The van der Waals surface area contributed by atoms with E-state index < -0.39 is 75.7 Å². The number of hydrogen-bond donors (Lipinski definition) is 4. The number of nitrogen functional groups attached to an aromatic ring is 1. The highest BCUT2D eigenvalue weighted by Crippen LogP contribution is 2.51. The van der Waals surface area contributed by atoms with Crippen molar-refractivity contribution in [2.75, 3.05) is 19.8 Å². The second-order valence-corrected chi connectivity index (χ2v) is 11.9. The third kappa shape index (κ3) is 4.22. The number of primary amides is 1. The predicted octanol–water partition coefficient (Wildman–Crippen LogP) is -0.0117. The van der Waals surface area contributed by atoms with Gasteiger partial charge >= 0.3 is 0 Å². The summed E-state index contributed by atoms with van der Waals surface area (Å²) in [6.07, 6.45) is 0.0422. The van der Waals surface area contributed by atoms with Gasteiger partial charge in [-0.05, 0) is 72.2 Å². The largest absolute Gasteiger partial charge is 0.505 e. The molecule has 0 aliphatic heterocycles. The van der Waals surface area contributed by atoms with E-state index in [1.54, 1.807) is 6.92 Å². The van der Waals surface area contributed by atoms with Crippen LogP contribution >= 0.6 is 0 Å². The smallest absolute Gasteiger partial charge is 0.235 e. The number of benzene rings is 1. The third-order valence-electron chi connectivity index (χ3n) is 7.94. The molecule has 1 aromatic rings. The first-order valence-corrected chi connectivity index (χ1v) is 12.7. The van der Waals surface area contributed by atoms with Crippen LogP contribution in [0.15, 0.2) is 11.2 Å². The summed E-state index contributed by atoms with van der Waals surface area (Å²) in [5.41, 5.74) is 8.88. The van der Waals surface area contributed by atoms with Crippen LogP contribution < -0.4 is 11.5 Å². The number of nitrogens with two attached hydrogens (primary N) is 2. The van der Waals surface area contributed by atoms with Gasteiger partial charge in [-0.15, -0.1) is 0 Å². The molecule has 6 atom stereocenters. The predicted molar refractivity (Wildman–Crippen MR) is 139 cm³/mol. The number of likely N-dealkylation sites (N-methyl/N-ethyl adjacent to an activating group) is 1. The molecule has 12 heteroatoms. The van der Waals surface area contributed by atoms with E-state index in [1.165, 1.54) is 25.1 Å². The Morgan fingerprint density at radius 1 is 1.18 bits per heavy atom. The van der Waals surface area contributed by atoms with Crippen LogP contribution in [0.3, 0.4) is 0 Å². The fourth-order valence-electron chi connectivity index (χ4n) is 6.27. The second kappa shape index (κ2) is 9.23. The number of ketones is 4. The third-order valence-corrected chi connectivity index (χ3v) is 7.94. The Hall–Kier alpha value is -3.64. The maximum absolute atomic E-state index is 13.9. The van der Waals surface area contributed by atoms with Gasteiger partial charge in [0.25, 0.3) is 0 Å². The number of fused-ring (bicyclic) bond motifs is 3. The molecule has 0 heterocycles. The van der Waals surface area contributed by atoms with Gasteiger partial charge in [0.05, 0.1) is 28.9 Å². The molecule has 0 spiro atoms. The molecule has 12 nitrogen and oxygen atoms in total. The summed E-state index contributed by atoms with van der Waals surface area (Å²) in [5.74, 6) is -11.3. The van der Waals surface area contributed by atoms with Gasteiger partial charge in [-0.25, -0.2) is 0 Å². The topological polar surface area (TPSA) is 203 Å². The minimum absolute atomic E-state index is 0.0524. The van der Waals surface area contributed by atoms with Crippen molar-refractivity contribution < 1.29 is 39.0 Å². The van der Waals surface area contributed by atoms with E-state index in [-0.39, 0.29) is 24.1 Å². The second-order valence-electron chi connectivity index (χ2n) is 11.9. The van der Waals surface area contributed by atoms with E-state index >= 15 is 0 Å². The molecular formula is C27H34N4O8. The van der Waals surface area contributed by atoms with Gasteiger partial charge in [0.15, 0.2) is 34.7 Å². The number of aromatic hydroxyl groups is 1. The normalized spacial score (nSPS) is 31.1. The number of hydrogen-bond acceptors (Lipinski definition) is 11. The lowest BCUT2D eigenvalue weighted by Gasteiger charge is -2.52. The summed E-state index contributed by atoms with van der Waals surface area (Å²) in [5, 5.41) is 26.6. The number of anilines is 1. The molecule has 2 saturated carbocycles. The van der Waals surface area contributed by atoms with Gasteiger partial charge in [0, 0.05) is 11.5 Å². The van der Waals surface area contributed by atoms with Crippen LogP contribution in [0, 0.1) is 23.7 Å². The maximum atomic E-state index is 13.9. The minimum atomic E-state index is -2.78. The Bertz CT molecular complexity index is 1340. The lowest BCUT2D eigenvalue weighted by atomic mass is 9.52. The molecular weight excluding hydrogens is 508 g/mol. The summed E-state index contributed by atoms with van der Waals surface area (Å²) in [6.45, 7) is 7.09. The molecule has 0 aromatic heterocycles. The fourth-order valence-corrected chi connectivity index (χ4v) is 6.27. The molecule has 0 bridgehead atoms. The maximum Gasteiger partial charge on any atom is 0.235 e. The average Bonchev–Trinajstić information content (AvgIpc) is 2.81. The molecule has 0 radical (unpaired) electrons. The van der Waals surface area contributed by atoms with E-state index in [9.17, 15) is 34.2 Å². The van der Waals surface area contributed by atoms with Crippen LogP contribution in [0.4, 0.5) is 5.69 Å². The van der Waals surface area contributed by atoms with Crippen molar-refractivity contribution in [3.63, 3.8) is 0 Å². The van der Waals surface area contributed by atoms with Crippen molar-refractivity contribution in [3.8, 4) is 5.75 Å². The molecule has 0 saturated heterocycles. The Labute approximate surface area is 225 Å². The Morgan fingerprint density at radius 2 is 1.79 bits per heavy atom. The zero-order valence-electron chi connectivity index (χ0n) is 22.8. The number of rotatable bonds is 4. The summed E-state index contributed by atoms with van der Waals surface area (Å²) in [7, 11) is 3.06. The first-order chi connectivity index (χ1) is 17.9. The number of aliphatic hydroxyl groups is 1. The van der Waals surface area contributed by atoms with Gasteiger partial charge in [0.2, 0.25) is 5.91 Å². The molecule has 1 aromatic carbocycles. The van der Waals surface area contributed by atoms with Crippen LogP contribution in [0.2, 0.25) is 0 Å². The number of amides is 1. The highest BCUT2D eigenvalue weighted by Gasteiger charge is 2.69. The van der Waals surface area contributed by atoms with Crippen LogP contribution in [-0.2, 0) is 30.4 Å². The summed E-state index contributed by atoms with van der Waals surface area (Å²) < 4.78 is 0. The van der Waals surface area contributed by atoms with Crippen LogP contribution in [0.25, 0.3) is 0 Å². The van der Waals surface area contributed by atoms with Crippen LogP contribution in [0.5, 0.6) is 5.75 Å². The number of carbonyl (C=O) groups excluding carboxylic acids is 5. The summed E-state index contributed by atoms with van der Waals surface area (Å²) in [6, 6.07) is 0.302. The van der Waals surface area contributed by atoms with Gasteiger partial charge in [-0.1, -0.05) is 5.16 Å². The molecule has 3 aliphatic carbocycles. The Balaban J connectivity index is 1.88. The summed E-state index contributed by atoms with van der Waals surface area (Å²) in [4.78, 5) is 73.3. The standard InChI is InChI=1S/C27H34N4O8/c1-10(30-39-26(2,3)4)12-9-15(28)20(32)17-13(12)7-11-8-14-19(31(5)6)22(34)18(25(29)37)24(36)27(14,38)23(35)16(11)21(17)33/h9,11,14,16,18-19,32,38H,7-8,28H2,1-6H3,(H2,29,37)/t11-,14-,16?,18?,19+,27-/m0/s1. The fraction of sp³-hybridized carbons (Fsp3) is 0.556. The van der Waals surface area contributed by atoms with E-state index in [2.05, 4.69) is 5.16 Å². The molecule has 6 N–H and O–H groups in total. The lowest BCUT2D eigenvalue weighted by Crippen LogP contribution is -2.74. The van der Waals surface area contributed by atoms with Crippen LogP contribution in [-0.4, -0.2) is 81.2 Å². The van der Waals surface area contributed by atoms with Crippen molar-refractivity contribution in [3.05, 3.63) is 22.8 Å². The van der Waals surface area contributed by atoms with Crippen molar-refractivity contribution in [1.29, 1.82) is 0 Å². The number of carbonyl (C=O) groups is 5. The van der Waals surface area contributed by atoms with Crippen LogP contribution in [0.1, 0.15) is 55.6 Å². The molecule has 2 fully saturated rings. The van der Waals surface area contributed by atoms with E-state index in [1.807, 2.05) is 20.8 Å². The first-order valence-electron chi connectivity index (χ1n) is 12.7. The zero-order valence-corrected chi connectivity index (χ0v) is 22.8. The number of oxime groups is 1. The van der Waals surface area contributed by atoms with Crippen molar-refractivity contribution in [2.45, 2.75) is 57.8 Å². The Morgan fingerprint density at radius 3 is 2.33 bits per heavy atom. The van der Waals surface area contributed by atoms with Gasteiger partial charge in [-0.3, -0.25) is 28.9 Å². The first kappa shape index (κ1) is 28.4. The SMILES string of the molecule is CC(=NOC(C)(C)C)c1cc(N)c(O)c2c1C[C@H]1C[C@H]3[C@@H](N(C)C)C(=O)C(C(N)=O)C(=O)[C@@]3(O)C(=O)C1C2=O. The number of nitrogens with zero attached hydrogens (tertiary/aromatic N) is 2. The van der Waals surface area contributed by atoms with Crippen molar-refractivity contribution >= 4 is 40.4 Å². The van der Waals surface area contributed by atoms with E-state index in [0.29, 0.717) is 16.8 Å². The van der Waals surface area contributed by atoms with E-state index in [0.717, 1.165) is 0 Å². The molecule has 3 aliphatic rings. The number of phenolic OH excluding ortho intramolecular Hbond substituents is 1. The number of Topliss-reactive ketones (excluding diaryl/α,β-unsaturated/α-hetero) is 4. The zero-order chi connectivity index (χ0) is 29.4. The summed E-state index contributed by atoms with van der Waals surface area (Å²) >= 11 is 0. The average molecular weight is 543 g/mol. The molecule has 4 rings (SSSR count). The quantitative estimate of drug-likeness (QED) is 0.132. The highest BCUT2D eigenvalue weighted by atomic mass is 16.6. The van der Waals surface area contributed by atoms with Gasteiger partial charge < -0.3 is 26.5 Å². The molecule has 2 unspecified atom stereocenters. The monoisotopic (exact) mass is 542 g/mol. The highest BCUT2D eigenvalue weighted by molar-refractivity contribution is 6.32. The van der Waals surface area contributed by atoms with E-state index in [4.69, 9.17) is 16.3 Å². The van der Waals surface area contributed by atoms with Crippen molar-refractivity contribution in [2.24, 2.45) is 34.6 Å². The lowest BCUT2D eigenvalue weighted by molar-refractivity contribution is -0.181. The molecule has 1 amide bonds. The minimum Gasteiger partial charge on any atom is -0.505 e. The molecule has 210 valence electrons. The molecule has 39 heavy (non-hydrogen) atoms. The van der Waals surface area contributed by atoms with Gasteiger partial charge in [-0.2, -0.15) is 0 Å². The van der Waals surface area contributed by atoms with Crippen molar-refractivity contribution in [1.82, 2.24) is 4.90 Å². The van der Waals surface area contributed by atoms with Gasteiger partial charge in [0.1, 0.15) is 11.4 Å². The Kier molecular flexibility index (Phi) is 6.72. The number of phenols is 1.